The number of fused-ring (bicyclic) bond motifs is 2. The maximum absolute atomic E-state index is 14.7. The van der Waals surface area contributed by atoms with Crippen LogP contribution in [0.25, 0.3) is 33.2 Å². The molecule has 5 aromatic rings. The summed E-state index contributed by atoms with van der Waals surface area (Å²) in [6, 6.07) is 15.3. The third-order valence-electron chi connectivity index (χ3n) is 5.19. The minimum Gasteiger partial charge on any atom is -0.350 e. The molecule has 0 aliphatic rings. The van der Waals surface area contributed by atoms with Gasteiger partial charge in [0.15, 0.2) is 5.65 Å². The summed E-state index contributed by atoms with van der Waals surface area (Å²) in [7, 11) is -1.96. The van der Waals surface area contributed by atoms with Crippen molar-refractivity contribution >= 4 is 43.6 Å². The van der Waals surface area contributed by atoms with Gasteiger partial charge in [-0.2, -0.15) is 4.98 Å². The van der Waals surface area contributed by atoms with Gasteiger partial charge in [-0.1, -0.05) is 36.4 Å². The molecule has 0 fully saturated rings. The Morgan fingerprint density at radius 3 is 2.58 bits per heavy atom. The molecule has 9 heteroatoms. The van der Waals surface area contributed by atoms with Gasteiger partial charge in [-0.05, 0) is 35.4 Å². The summed E-state index contributed by atoms with van der Waals surface area (Å²) in [6.07, 6.45) is 3.18. The number of hydrogen-bond donors (Lipinski definition) is 0. The molecule has 0 amide bonds. The zero-order chi connectivity index (χ0) is 21.8. The zero-order valence-corrected chi connectivity index (χ0v) is 17.9. The van der Waals surface area contributed by atoms with Gasteiger partial charge in [0, 0.05) is 35.8 Å². The van der Waals surface area contributed by atoms with Crippen LogP contribution in [0.4, 0.5) is 4.39 Å². The zero-order valence-electron chi connectivity index (χ0n) is 16.3. The lowest BCUT2D eigenvalue weighted by Crippen LogP contribution is -2.14. The molecule has 31 heavy (non-hydrogen) atoms. The first-order valence-corrected chi connectivity index (χ1v) is 11.4. The molecule has 0 bridgehead atoms. The fraction of sp³-hybridized carbons (Fsp3) is 0.0909. The summed E-state index contributed by atoms with van der Waals surface area (Å²) in [5.74, 6) is -0.593. The molecule has 3 heterocycles. The van der Waals surface area contributed by atoms with Crippen LogP contribution in [0.5, 0.6) is 0 Å². The fourth-order valence-corrected chi connectivity index (χ4v) is 5.40. The van der Waals surface area contributed by atoms with E-state index >= 15 is 0 Å². The van der Waals surface area contributed by atoms with E-state index in [2.05, 4.69) is 9.97 Å². The molecule has 3 aromatic heterocycles. The van der Waals surface area contributed by atoms with Crippen LogP contribution in [0.1, 0.15) is 5.56 Å². The van der Waals surface area contributed by atoms with E-state index in [1.807, 2.05) is 6.07 Å². The maximum atomic E-state index is 14.7. The molecule has 0 spiro atoms. The Morgan fingerprint density at radius 1 is 1.03 bits per heavy atom. The van der Waals surface area contributed by atoms with Gasteiger partial charge in [-0.25, -0.2) is 21.8 Å². The van der Waals surface area contributed by atoms with E-state index in [1.165, 1.54) is 12.3 Å². The Balaban J connectivity index is 1.73. The number of aromatic nitrogens is 4. The molecule has 0 N–H and O–H groups in total. The van der Waals surface area contributed by atoms with Crippen molar-refractivity contribution in [3.8, 4) is 11.3 Å². The van der Waals surface area contributed by atoms with Gasteiger partial charge in [0.25, 0.3) is 0 Å². The molecular formula is C22H16ClFN4O2S. The SMILES string of the molecule is Cn1cc(-c2nc(Cl)nc3c2ccn3S(=O)(=O)Cc2ccccc2)c2c(F)cccc21. The Bertz CT molecular complexity index is 1560. The van der Waals surface area contributed by atoms with E-state index in [1.54, 1.807) is 60.3 Å². The number of hydrogen-bond acceptors (Lipinski definition) is 4. The van der Waals surface area contributed by atoms with E-state index in [0.29, 0.717) is 33.1 Å². The van der Waals surface area contributed by atoms with Gasteiger partial charge in [0.2, 0.25) is 15.3 Å². The second-order valence-corrected chi connectivity index (χ2v) is 9.40. The summed E-state index contributed by atoms with van der Waals surface area (Å²) in [4.78, 5) is 8.50. The third-order valence-corrected chi connectivity index (χ3v) is 6.96. The predicted octanol–water partition coefficient (Wildman–Crippen LogP) is 4.76. The van der Waals surface area contributed by atoms with Gasteiger partial charge >= 0.3 is 0 Å². The first-order valence-electron chi connectivity index (χ1n) is 9.41. The van der Waals surface area contributed by atoms with E-state index in [9.17, 15) is 12.8 Å². The average molecular weight is 455 g/mol. The van der Waals surface area contributed by atoms with Crippen molar-refractivity contribution in [2.24, 2.45) is 7.05 Å². The molecule has 0 unspecified atom stereocenters. The Hall–Kier alpha value is -3.23. The van der Waals surface area contributed by atoms with Gasteiger partial charge < -0.3 is 4.57 Å². The van der Waals surface area contributed by atoms with Crippen molar-refractivity contribution in [2.75, 3.05) is 0 Å². The van der Waals surface area contributed by atoms with Gasteiger partial charge in [-0.15, -0.1) is 0 Å². The fourth-order valence-electron chi connectivity index (χ4n) is 3.83. The summed E-state index contributed by atoms with van der Waals surface area (Å²) in [5.41, 5.74) is 2.39. The maximum Gasteiger partial charge on any atom is 0.244 e. The van der Waals surface area contributed by atoms with Crippen LogP contribution in [-0.4, -0.2) is 26.9 Å². The topological polar surface area (TPSA) is 69.8 Å². The summed E-state index contributed by atoms with van der Waals surface area (Å²) >= 11 is 6.18. The van der Waals surface area contributed by atoms with Crippen LogP contribution < -0.4 is 0 Å². The van der Waals surface area contributed by atoms with Crippen LogP contribution >= 0.6 is 11.6 Å². The molecule has 0 aliphatic heterocycles. The molecule has 0 saturated carbocycles. The molecule has 0 aliphatic carbocycles. The van der Waals surface area contributed by atoms with Crippen molar-refractivity contribution in [3.63, 3.8) is 0 Å². The third kappa shape index (κ3) is 3.28. The van der Waals surface area contributed by atoms with Crippen molar-refractivity contribution in [2.45, 2.75) is 5.75 Å². The predicted molar refractivity (Wildman–Crippen MR) is 119 cm³/mol. The van der Waals surface area contributed by atoms with Crippen LogP contribution in [-0.2, 0) is 22.8 Å². The molecule has 156 valence electrons. The highest BCUT2D eigenvalue weighted by atomic mass is 35.5. The van der Waals surface area contributed by atoms with Crippen molar-refractivity contribution in [1.82, 2.24) is 18.5 Å². The monoisotopic (exact) mass is 454 g/mol. The number of benzene rings is 2. The van der Waals surface area contributed by atoms with Gasteiger partial charge in [-0.3, -0.25) is 0 Å². The quantitative estimate of drug-likeness (QED) is 0.367. The molecular weight excluding hydrogens is 439 g/mol. The highest BCUT2D eigenvalue weighted by Gasteiger charge is 2.23. The van der Waals surface area contributed by atoms with E-state index in [4.69, 9.17) is 11.6 Å². The lowest BCUT2D eigenvalue weighted by Gasteiger charge is -2.08. The Labute approximate surface area is 182 Å². The van der Waals surface area contributed by atoms with Crippen LogP contribution in [0.15, 0.2) is 67.0 Å². The molecule has 5 rings (SSSR count). The average Bonchev–Trinajstić information content (AvgIpc) is 3.31. The second-order valence-electron chi connectivity index (χ2n) is 7.22. The lowest BCUT2D eigenvalue weighted by molar-refractivity contribution is 0.588. The summed E-state index contributed by atoms with van der Waals surface area (Å²) < 4.78 is 43.8. The van der Waals surface area contributed by atoms with Gasteiger partial charge in [0.05, 0.1) is 17.0 Å². The normalized spacial score (nSPS) is 12.1. The highest BCUT2D eigenvalue weighted by molar-refractivity contribution is 7.89. The molecule has 0 saturated heterocycles. The highest BCUT2D eigenvalue weighted by Crippen LogP contribution is 2.36. The largest absolute Gasteiger partial charge is 0.350 e. The van der Waals surface area contributed by atoms with E-state index in [0.717, 1.165) is 3.97 Å². The number of aryl methyl sites for hydroxylation is 1. The second kappa shape index (κ2) is 7.18. The van der Waals surface area contributed by atoms with Crippen molar-refractivity contribution in [1.29, 1.82) is 0 Å². The first-order chi connectivity index (χ1) is 14.8. The van der Waals surface area contributed by atoms with Gasteiger partial charge in [0.1, 0.15) is 5.82 Å². The summed E-state index contributed by atoms with van der Waals surface area (Å²) in [5, 5.41) is 0.739. The van der Waals surface area contributed by atoms with Crippen LogP contribution in [0, 0.1) is 5.82 Å². The minimum absolute atomic E-state index is 0.120. The number of rotatable bonds is 4. The smallest absolute Gasteiger partial charge is 0.244 e. The number of nitrogens with zero attached hydrogens (tertiary/aromatic N) is 4. The minimum atomic E-state index is -3.77. The molecule has 2 aromatic carbocycles. The summed E-state index contributed by atoms with van der Waals surface area (Å²) in [6.45, 7) is 0. The van der Waals surface area contributed by atoms with Crippen LogP contribution in [0.3, 0.4) is 0 Å². The Kier molecular flexibility index (Phi) is 4.56. The van der Waals surface area contributed by atoms with Crippen LogP contribution in [0.2, 0.25) is 5.28 Å². The first kappa shape index (κ1) is 19.7. The lowest BCUT2D eigenvalue weighted by atomic mass is 10.1. The van der Waals surface area contributed by atoms with Crippen molar-refractivity contribution in [3.05, 3.63) is 83.7 Å². The molecule has 6 nitrogen and oxygen atoms in total. The van der Waals surface area contributed by atoms with E-state index in [-0.39, 0.29) is 16.7 Å². The Morgan fingerprint density at radius 2 is 1.81 bits per heavy atom. The standard InChI is InChI=1S/C22H16ClFN4O2S/c1-27-12-16(19-17(24)8-5-9-18(19)27)20-15-10-11-28(21(15)26-22(23)25-20)31(29,30)13-14-6-3-2-4-7-14/h2-12H,13H2,1H3. The molecule has 0 atom stereocenters. The molecule has 0 radical (unpaired) electrons. The number of halogens is 2. The van der Waals surface area contributed by atoms with Crippen molar-refractivity contribution < 1.29 is 12.8 Å². The van der Waals surface area contributed by atoms with E-state index < -0.39 is 15.8 Å².